The quantitative estimate of drug-likeness (QED) is 0.502. The molecule has 28 heavy (non-hydrogen) atoms. The van der Waals surface area contributed by atoms with E-state index in [4.69, 9.17) is 11.6 Å². The Morgan fingerprint density at radius 1 is 1.18 bits per heavy atom. The van der Waals surface area contributed by atoms with Gasteiger partial charge in [-0.3, -0.25) is 4.79 Å². The maximum absolute atomic E-state index is 12.0. The van der Waals surface area contributed by atoms with Crippen LogP contribution in [0.3, 0.4) is 0 Å². The molecule has 3 rings (SSSR count). The molecule has 0 unspecified atom stereocenters. The van der Waals surface area contributed by atoms with Gasteiger partial charge in [-0.1, -0.05) is 69.3 Å². The maximum Gasteiger partial charge on any atom is 0.277 e. The molecule has 3 aromatic rings. The summed E-state index contributed by atoms with van der Waals surface area (Å²) in [6.45, 7) is 10.3. The Balaban J connectivity index is 2.03. The van der Waals surface area contributed by atoms with E-state index in [2.05, 4.69) is 56.7 Å². The normalized spacial score (nSPS) is 11.4. The van der Waals surface area contributed by atoms with Gasteiger partial charge in [-0.05, 0) is 57.8 Å². The third-order valence-electron chi connectivity index (χ3n) is 4.49. The van der Waals surface area contributed by atoms with E-state index < -0.39 is 0 Å². The predicted molar refractivity (Wildman–Crippen MR) is 121 cm³/mol. The molecule has 1 aromatic heterocycles. The Labute approximate surface area is 175 Å². The maximum atomic E-state index is 12.0. The van der Waals surface area contributed by atoms with E-state index in [0.29, 0.717) is 5.75 Å². The minimum atomic E-state index is -0.126. The Morgan fingerprint density at radius 3 is 2.50 bits per heavy atom. The zero-order valence-electron chi connectivity index (χ0n) is 16.3. The zero-order chi connectivity index (χ0) is 20.3. The second-order valence-electron chi connectivity index (χ2n) is 7.57. The third-order valence-corrected chi connectivity index (χ3v) is 5.76. The van der Waals surface area contributed by atoms with Crippen LogP contribution in [-0.4, -0.2) is 9.19 Å². The number of hydrogen-bond acceptors (Lipinski definition) is 3. The van der Waals surface area contributed by atoms with E-state index in [1.165, 1.54) is 27.7 Å². The fourth-order valence-corrected chi connectivity index (χ4v) is 4.11. The molecule has 144 valence electrons. The van der Waals surface area contributed by atoms with Gasteiger partial charge in [0.1, 0.15) is 0 Å². The van der Waals surface area contributed by atoms with Crippen LogP contribution < -0.4 is 5.56 Å². The summed E-state index contributed by atoms with van der Waals surface area (Å²) in [6.07, 6.45) is 3.44. The molecule has 0 N–H and O–H groups in total. The summed E-state index contributed by atoms with van der Waals surface area (Å²) in [5.74, 6) is 0.623. The highest BCUT2D eigenvalue weighted by Crippen LogP contribution is 2.37. The van der Waals surface area contributed by atoms with Gasteiger partial charge in [0.2, 0.25) is 0 Å². The van der Waals surface area contributed by atoms with Gasteiger partial charge in [-0.2, -0.15) is 9.19 Å². The van der Waals surface area contributed by atoms with Crippen LogP contribution in [0.5, 0.6) is 0 Å². The van der Waals surface area contributed by atoms with E-state index in [1.807, 2.05) is 18.2 Å². The standard InChI is InChI=1S/C23H23ClN2OS/c1-5-16-8-10-17(11-9-16)19-13-18(20(14-21(19)24)23(2,3)4)15-28-26-22(27)7-6-12-25-26/h5-14H,1,15H2,2-4H3. The lowest BCUT2D eigenvalue weighted by Gasteiger charge is -2.24. The van der Waals surface area contributed by atoms with Crippen molar-refractivity contribution >= 4 is 29.6 Å². The summed E-state index contributed by atoms with van der Waals surface area (Å²) in [7, 11) is 0. The topological polar surface area (TPSA) is 34.9 Å². The van der Waals surface area contributed by atoms with Crippen molar-refractivity contribution in [2.75, 3.05) is 0 Å². The minimum Gasteiger partial charge on any atom is -0.267 e. The Kier molecular flexibility index (Phi) is 6.11. The summed E-state index contributed by atoms with van der Waals surface area (Å²) in [5, 5.41) is 4.86. The zero-order valence-corrected chi connectivity index (χ0v) is 17.8. The molecule has 5 heteroatoms. The van der Waals surface area contributed by atoms with Gasteiger partial charge in [-0.25, -0.2) is 0 Å². The average molecular weight is 411 g/mol. The third kappa shape index (κ3) is 4.57. The lowest BCUT2D eigenvalue weighted by molar-refractivity contribution is 0.585. The van der Waals surface area contributed by atoms with Crippen LogP contribution in [0.1, 0.15) is 37.5 Å². The van der Waals surface area contributed by atoms with E-state index in [9.17, 15) is 4.79 Å². The van der Waals surface area contributed by atoms with Gasteiger partial charge in [0.15, 0.2) is 0 Å². The van der Waals surface area contributed by atoms with Crippen molar-refractivity contribution in [3.8, 4) is 11.1 Å². The largest absolute Gasteiger partial charge is 0.277 e. The predicted octanol–water partition coefficient (Wildman–Crippen LogP) is 6.20. The molecule has 0 saturated carbocycles. The van der Waals surface area contributed by atoms with Gasteiger partial charge >= 0.3 is 0 Å². The van der Waals surface area contributed by atoms with Crippen LogP contribution >= 0.6 is 23.5 Å². The first kappa shape index (κ1) is 20.4. The molecule has 0 saturated heterocycles. The second kappa shape index (κ2) is 8.38. The highest BCUT2D eigenvalue weighted by Gasteiger charge is 2.21. The fourth-order valence-electron chi connectivity index (χ4n) is 3.03. The molecular formula is C23H23ClN2OS. The van der Waals surface area contributed by atoms with Crippen LogP contribution in [0.15, 0.2) is 66.1 Å². The summed E-state index contributed by atoms with van der Waals surface area (Å²) in [4.78, 5) is 12.0. The molecule has 0 aliphatic heterocycles. The van der Waals surface area contributed by atoms with Crippen molar-refractivity contribution in [2.45, 2.75) is 31.9 Å². The van der Waals surface area contributed by atoms with Gasteiger partial charge in [0.25, 0.3) is 5.56 Å². The first-order chi connectivity index (χ1) is 13.3. The van der Waals surface area contributed by atoms with Crippen molar-refractivity contribution in [1.82, 2.24) is 9.19 Å². The molecule has 0 aliphatic carbocycles. The van der Waals surface area contributed by atoms with Crippen molar-refractivity contribution in [3.63, 3.8) is 0 Å². The minimum absolute atomic E-state index is 0.0696. The van der Waals surface area contributed by atoms with Crippen molar-refractivity contribution in [3.05, 3.63) is 93.4 Å². The van der Waals surface area contributed by atoms with Gasteiger partial charge in [0, 0.05) is 28.6 Å². The number of nitrogens with zero attached hydrogens (tertiary/aromatic N) is 2. The van der Waals surface area contributed by atoms with Gasteiger partial charge in [-0.15, -0.1) is 0 Å². The molecule has 0 amide bonds. The van der Waals surface area contributed by atoms with Crippen molar-refractivity contribution < 1.29 is 0 Å². The van der Waals surface area contributed by atoms with Crippen LogP contribution in [0, 0.1) is 0 Å². The number of benzene rings is 2. The van der Waals surface area contributed by atoms with Crippen molar-refractivity contribution in [2.24, 2.45) is 0 Å². The molecule has 0 fully saturated rings. The molecule has 0 aliphatic rings. The highest BCUT2D eigenvalue weighted by atomic mass is 35.5. The average Bonchev–Trinajstić information content (AvgIpc) is 2.67. The Morgan fingerprint density at radius 2 is 1.89 bits per heavy atom. The second-order valence-corrected chi connectivity index (χ2v) is 8.87. The van der Waals surface area contributed by atoms with Crippen LogP contribution in [0.2, 0.25) is 5.02 Å². The first-order valence-corrected chi connectivity index (χ1v) is 10.3. The number of rotatable bonds is 5. The van der Waals surface area contributed by atoms with Gasteiger partial charge in [0.05, 0.1) is 0 Å². The molecule has 0 spiro atoms. The molecule has 0 radical (unpaired) electrons. The van der Waals surface area contributed by atoms with Gasteiger partial charge < -0.3 is 0 Å². The van der Waals surface area contributed by atoms with E-state index in [0.717, 1.165) is 27.3 Å². The highest BCUT2D eigenvalue weighted by molar-refractivity contribution is 7.96. The number of hydrogen-bond donors (Lipinski definition) is 0. The molecule has 0 atom stereocenters. The Bertz CT molecular complexity index is 1050. The lowest BCUT2D eigenvalue weighted by Crippen LogP contribution is -2.17. The van der Waals surface area contributed by atoms with E-state index >= 15 is 0 Å². The monoisotopic (exact) mass is 410 g/mol. The summed E-state index contributed by atoms with van der Waals surface area (Å²) >= 11 is 8.05. The summed E-state index contributed by atoms with van der Waals surface area (Å²) in [6, 6.07) is 15.5. The summed E-state index contributed by atoms with van der Waals surface area (Å²) in [5.41, 5.74) is 5.21. The fraction of sp³-hybridized carbons (Fsp3) is 0.217. The summed E-state index contributed by atoms with van der Waals surface area (Å²) < 4.78 is 1.42. The molecule has 2 aromatic carbocycles. The van der Waals surface area contributed by atoms with E-state index in [-0.39, 0.29) is 11.0 Å². The van der Waals surface area contributed by atoms with Crippen LogP contribution in [-0.2, 0) is 11.2 Å². The Hall–Kier alpha value is -2.30. The van der Waals surface area contributed by atoms with Crippen molar-refractivity contribution in [1.29, 1.82) is 0 Å². The number of halogens is 1. The molecule has 1 heterocycles. The first-order valence-electron chi connectivity index (χ1n) is 9.03. The SMILES string of the molecule is C=Cc1ccc(-c2cc(CSn3ncccc3=O)c(C(C)(C)C)cc2Cl)cc1. The molecule has 3 nitrogen and oxygen atoms in total. The van der Waals surface area contributed by atoms with E-state index in [1.54, 1.807) is 12.3 Å². The molecule has 0 bridgehead atoms. The smallest absolute Gasteiger partial charge is 0.267 e. The molecular weight excluding hydrogens is 388 g/mol. The lowest BCUT2D eigenvalue weighted by atomic mass is 9.83. The van der Waals surface area contributed by atoms with Crippen LogP contribution in [0.4, 0.5) is 0 Å². The number of aromatic nitrogens is 2. The van der Waals surface area contributed by atoms with Crippen LogP contribution in [0.25, 0.3) is 17.2 Å².